The van der Waals surface area contributed by atoms with Gasteiger partial charge < -0.3 is 16.4 Å². The number of carbonyl (C=O) groups excluding carboxylic acids is 3. The summed E-state index contributed by atoms with van der Waals surface area (Å²) in [5.41, 5.74) is 7.74. The highest BCUT2D eigenvalue weighted by Gasteiger charge is 2.18. The molecule has 0 radical (unpaired) electrons. The maximum Gasteiger partial charge on any atom is 0.243 e. The van der Waals surface area contributed by atoms with E-state index in [9.17, 15) is 14.4 Å². The summed E-state index contributed by atoms with van der Waals surface area (Å²) in [6, 6.07) is 18.6. The molecule has 0 aliphatic rings. The first kappa shape index (κ1) is 22.3. The van der Waals surface area contributed by atoms with Crippen LogP contribution in [0.25, 0.3) is 0 Å². The maximum absolute atomic E-state index is 12.8. The monoisotopic (exact) mass is 480 g/mol. The molecule has 158 valence electrons. The third kappa shape index (κ3) is 6.31. The van der Waals surface area contributed by atoms with Gasteiger partial charge in [0.1, 0.15) is 5.69 Å². The quantitative estimate of drug-likeness (QED) is 0.428. The molecule has 31 heavy (non-hydrogen) atoms. The van der Waals surface area contributed by atoms with Crippen molar-refractivity contribution in [2.24, 2.45) is 5.73 Å². The number of amides is 2. The molecule has 1 heterocycles. The van der Waals surface area contributed by atoms with Crippen LogP contribution in [0.3, 0.4) is 0 Å². The molecule has 8 heteroatoms. The van der Waals surface area contributed by atoms with Gasteiger partial charge in [0, 0.05) is 16.2 Å². The highest BCUT2D eigenvalue weighted by atomic mass is 79.9. The van der Waals surface area contributed by atoms with Crippen molar-refractivity contribution in [1.82, 2.24) is 10.3 Å². The number of hydrogen-bond acceptors (Lipinski definition) is 5. The Kier molecular flexibility index (Phi) is 7.64. The Morgan fingerprint density at radius 3 is 2.45 bits per heavy atom. The zero-order valence-electron chi connectivity index (χ0n) is 16.5. The van der Waals surface area contributed by atoms with Crippen LogP contribution in [-0.2, 0) is 16.0 Å². The second-order valence-corrected chi connectivity index (χ2v) is 7.71. The summed E-state index contributed by atoms with van der Waals surface area (Å²) >= 11 is 3.34. The van der Waals surface area contributed by atoms with Crippen LogP contribution in [0, 0.1) is 0 Å². The number of carbonyl (C=O) groups is 3. The van der Waals surface area contributed by atoms with E-state index in [1.54, 1.807) is 36.4 Å². The molecule has 7 nitrogen and oxygen atoms in total. The molecule has 3 rings (SSSR count). The number of pyridine rings is 1. The second-order valence-electron chi connectivity index (χ2n) is 6.80. The van der Waals surface area contributed by atoms with Gasteiger partial charge in [0.15, 0.2) is 0 Å². The van der Waals surface area contributed by atoms with Crippen LogP contribution >= 0.6 is 15.9 Å². The minimum atomic E-state index is -0.774. The molecule has 0 aliphatic carbocycles. The molecule has 4 N–H and O–H groups in total. The molecule has 3 aromatic rings. The molecule has 2 aromatic carbocycles. The first-order valence-corrected chi connectivity index (χ1v) is 10.4. The molecule has 0 spiro atoms. The van der Waals surface area contributed by atoms with Crippen LogP contribution in [0.5, 0.6) is 0 Å². The van der Waals surface area contributed by atoms with E-state index in [1.807, 2.05) is 30.3 Å². The molecular weight excluding hydrogens is 460 g/mol. The summed E-state index contributed by atoms with van der Waals surface area (Å²) < 4.78 is 0.685. The summed E-state index contributed by atoms with van der Waals surface area (Å²) in [7, 11) is 0. The normalized spacial score (nSPS) is 11.4. The van der Waals surface area contributed by atoms with Crippen LogP contribution in [0.1, 0.15) is 21.6 Å². The fourth-order valence-electron chi connectivity index (χ4n) is 2.90. The van der Waals surface area contributed by atoms with E-state index >= 15 is 0 Å². The molecule has 0 saturated heterocycles. The lowest BCUT2D eigenvalue weighted by Crippen LogP contribution is -2.44. The van der Waals surface area contributed by atoms with Gasteiger partial charge in [0.25, 0.3) is 0 Å². The fourth-order valence-corrected chi connectivity index (χ4v) is 3.26. The average Bonchev–Trinajstić information content (AvgIpc) is 2.79. The molecule has 1 aromatic heterocycles. The largest absolute Gasteiger partial charge is 0.346 e. The van der Waals surface area contributed by atoms with E-state index in [0.29, 0.717) is 16.6 Å². The predicted octanol–water partition coefficient (Wildman–Crippen LogP) is 2.70. The number of hydrogen-bond donors (Lipinski definition) is 3. The maximum atomic E-state index is 12.8. The van der Waals surface area contributed by atoms with Gasteiger partial charge in [-0.15, -0.1) is 0 Å². The predicted molar refractivity (Wildman–Crippen MR) is 122 cm³/mol. The first-order valence-electron chi connectivity index (χ1n) is 9.56. The number of anilines is 1. The standard InChI is InChI=1S/C23H21BrN4O3/c24-16-9-10-19(17(13-16)22(30)20-8-4-5-11-26-20)28-21(29)14-27-23(31)18(25)12-15-6-2-1-3-7-15/h1-11,13,18H,12,14,25H2,(H,27,31)(H,28,29)/t18-/m0/s1. The van der Waals surface area contributed by atoms with Gasteiger partial charge in [0.05, 0.1) is 18.3 Å². The number of rotatable bonds is 8. The molecule has 0 saturated carbocycles. The molecule has 2 amide bonds. The Balaban J connectivity index is 1.61. The van der Waals surface area contributed by atoms with E-state index in [-0.39, 0.29) is 23.6 Å². The highest BCUT2D eigenvalue weighted by Crippen LogP contribution is 2.23. The van der Waals surface area contributed by atoms with Gasteiger partial charge in [0.2, 0.25) is 17.6 Å². The molecule has 0 bridgehead atoms. The Labute approximate surface area is 188 Å². The lowest BCUT2D eigenvalue weighted by atomic mass is 10.1. The molecular formula is C23H21BrN4O3. The number of halogens is 1. The Morgan fingerprint density at radius 2 is 1.74 bits per heavy atom. The second kappa shape index (κ2) is 10.6. The fraction of sp³-hybridized carbons (Fsp3) is 0.130. The number of nitrogens with zero attached hydrogens (tertiary/aromatic N) is 1. The number of nitrogens with two attached hydrogens (primary N) is 1. The third-order valence-electron chi connectivity index (χ3n) is 4.46. The zero-order chi connectivity index (χ0) is 22.2. The molecule has 0 unspecified atom stereocenters. The van der Waals surface area contributed by atoms with E-state index in [0.717, 1.165) is 5.56 Å². The lowest BCUT2D eigenvalue weighted by Gasteiger charge is -2.14. The third-order valence-corrected chi connectivity index (χ3v) is 4.95. The van der Waals surface area contributed by atoms with E-state index in [4.69, 9.17) is 5.73 Å². The number of nitrogens with one attached hydrogen (secondary N) is 2. The van der Waals surface area contributed by atoms with Gasteiger partial charge in [-0.2, -0.15) is 0 Å². The van der Waals surface area contributed by atoms with Gasteiger partial charge >= 0.3 is 0 Å². The van der Waals surface area contributed by atoms with Gasteiger partial charge in [-0.3, -0.25) is 19.4 Å². The summed E-state index contributed by atoms with van der Waals surface area (Å²) in [6.45, 7) is -0.269. The minimum Gasteiger partial charge on any atom is -0.346 e. The van der Waals surface area contributed by atoms with E-state index in [2.05, 4.69) is 31.5 Å². The van der Waals surface area contributed by atoms with Crippen LogP contribution in [0.15, 0.2) is 77.4 Å². The van der Waals surface area contributed by atoms with Crippen molar-refractivity contribution < 1.29 is 14.4 Å². The Bertz CT molecular complexity index is 1070. The van der Waals surface area contributed by atoms with Crippen LogP contribution in [0.4, 0.5) is 5.69 Å². The van der Waals surface area contributed by atoms with E-state index in [1.165, 1.54) is 6.20 Å². The minimum absolute atomic E-state index is 0.260. The van der Waals surface area contributed by atoms with Gasteiger partial charge in [-0.25, -0.2) is 0 Å². The summed E-state index contributed by atoms with van der Waals surface area (Å²) in [6.07, 6.45) is 1.89. The smallest absolute Gasteiger partial charge is 0.243 e. The summed E-state index contributed by atoms with van der Waals surface area (Å²) in [5, 5.41) is 5.20. The van der Waals surface area contributed by atoms with Crippen molar-refractivity contribution in [2.75, 3.05) is 11.9 Å². The van der Waals surface area contributed by atoms with Crippen LogP contribution in [0.2, 0.25) is 0 Å². The van der Waals surface area contributed by atoms with Gasteiger partial charge in [-0.05, 0) is 42.3 Å². The summed E-state index contributed by atoms with van der Waals surface area (Å²) in [5.74, 6) is -1.23. The van der Waals surface area contributed by atoms with Crippen molar-refractivity contribution in [3.63, 3.8) is 0 Å². The van der Waals surface area contributed by atoms with Crippen molar-refractivity contribution in [1.29, 1.82) is 0 Å². The SMILES string of the molecule is N[C@@H](Cc1ccccc1)C(=O)NCC(=O)Nc1ccc(Br)cc1C(=O)c1ccccn1. The number of benzene rings is 2. The van der Waals surface area contributed by atoms with Crippen molar-refractivity contribution in [2.45, 2.75) is 12.5 Å². The van der Waals surface area contributed by atoms with E-state index < -0.39 is 17.9 Å². The topological polar surface area (TPSA) is 114 Å². The van der Waals surface area contributed by atoms with Gasteiger partial charge in [-0.1, -0.05) is 52.3 Å². The molecule has 1 atom stereocenters. The number of ketones is 1. The first-order chi connectivity index (χ1) is 14.9. The Hall–Kier alpha value is -3.36. The van der Waals surface area contributed by atoms with Crippen molar-refractivity contribution in [3.05, 3.63) is 94.2 Å². The number of aromatic nitrogens is 1. The molecule has 0 fully saturated rings. The molecule has 0 aliphatic heterocycles. The van der Waals surface area contributed by atoms with Crippen molar-refractivity contribution in [3.8, 4) is 0 Å². The van der Waals surface area contributed by atoms with Crippen LogP contribution in [-0.4, -0.2) is 35.2 Å². The average molecular weight is 481 g/mol. The Morgan fingerprint density at radius 1 is 1.00 bits per heavy atom. The zero-order valence-corrected chi connectivity index (χ0v) is 18.1. The highest BCUT2D eigenvalue weighted by molar-refractivity contribution is 9.10. The van der Waals surface area contributed by atoms with Crippen molar-refractivity contribution >= 4 is 39.2 Å². The lowest BCUT2D eigenvalue weighted by molar-refractivity contribution is -0.125. The van der Waals surface area contributed by atoms with Crippen LogP contribution < -0.4 is 16.4 Å². The summed E-state index contributed by atoms with van der Waals surface area (Å²) in [4.78, 5) is 41.5.